The number of carbonyl (C=O) groups excluding carboxylic acids is 1. The van der Waals surface area contributed by atoms with Crippen LogP contribution in [-0.2, 0) is 4.79 Å². The van der Waals surface area contributed by atoms with Crippen LogP contribution in [0.2, 0.25) is 0 Å². The van der Waals surface area contributed by atoms with Crippen molar-refractivity contribution in [3.63, 3.8) is 0 Å². The van der Waals surface area contributed by atoms with Crippen molar-refractivity contribution in [1.29, 1.82) is 0 Å². The van der Waals surface area contributed by atoms with Gasteiger partial charge in [-0.25, -0.2) is 0 Å². The smallest absolute Gasteiger partial charge is 0.237 e. The van der Waals surface area contributed by atoms with E-state index in [1.54, 1.807) is 0 Å². The van der Waals surface area contributed by atoms with Crippen LogP contribution in [-0.4, -0.2) is 41.0 Å². The van der Waals surface area contributed by atoms with E-state index in [2.05, 4.69) is 10.2 Å². The third-order valence-electron chi connectivity index (χ3n) is 3.78. The van der Waals surface area contributed by atoms with Gasteiger partial charge >= 0.3 is 0 Å². The number of nitrogens with one attached hydrogen (secondary N) is 1. The van der Waals surface area contributed by atoms with Crippen LogP contribution in [0.4, 0.5) is 0 Å². The van der Waals surface area contributed by atoms with E-state index in [0.717, 1.165) is 38.8 Å². The SMILES string of the molecule is CC(C(=O)NC1CC1)N1CCC(C(N)=S)CC1. The number of thiocarbonyl (C=S) groups is 1. The number of rotatable bonds is 4. The summed E-state index contributed by atoms with van der Waals surface area (Å²) in [7, 11) is 0. The normalized spacial score (nSPS) is 24.3. The summed E-state index contributed by atoms with van der Waals surface area (Å²) in [5.41, 5.74) is 5.66. The number of nitrogens with zero attached hydrogens (tertiary/aromatic N) is 1. The number of amides is 1. The third-order valence-corrected chi connectivity index (χ3v) is 4.12. The Hall–Kier alpha value is -0.680. The molecule has 1 saturated carbocycles. The lowest BCUT2D eigenvalue weighted by atomic mass is 9.96. The van der Waals surface area contributed by atoms with Gasteiger partial charge in [0.25, 0.3) is 0 Å². The lowest BCUT2D eigenvalue weighted by molar-refractivity contribution is -0.126. The molecule has 1 aliphatic heterocycles. The lowest BCUT2D eigenvalue weighted by Crippen LogP contribution is -2.49. The highest BCUT2D eigenvalue weighted by molar-refractivity contribution is 7.80. The van der Waals surface area contributed by atoms with Gasteiger partial charge in [0, 0.05) is 12.0 Å². The second-order valence-corrected chi connectivity index (χ2v) is 5.64. The first kappa shape index (κ1) is 12.8. The molecule has 1 atom stereocenters. The van der Waals surface area contributed by atoms with Gasteiger partial charge in [0.1, 0.15) is 0 Å². The molecule has 1 unspecified atom stereocenters. The van der Waals surface area contributed by atoms with Gasteiger partial charge < -0.3 is 11.1 Å². The fourth-order valence-corrected chi connectivity index (χ4v) is 2.52. The molecule has 0 aromatic rings. The predicted octanol–water partition coefficient (Wildman–Crippen LogP) is 0.652. The topological polar surface area (TPSA) is 58.4 Å². The summed E-state index contributed by atoms with van der Waals surface area (Å²) in [6, 6.07) is 0.419. The van der Waals surface area contributed by atoms with E-state index in [9.17, 15) is 4.79 Å². The van der Waals surface area contributed by atoms with Crippen LogP contribution in [0.3, 0.4) is 0 Å². The Morgan fingerprint density at radius 3 is 2.41 bits per heavy atom. The van der Waals surface area contributed by atoms with Crippen LogP contribution in [0, 0.1) is 5.92 Å². The number of nitrogens with two attached hydrogens (primary N) is 1. The van der Waals surface area contributed by atoms with Crippen molar-refractivity contribution in [2.24, 2.45) is 11.7 Å². The molecule has 3 N–H and O–H groups in total. The highest BCUT2D eigenvalue weighted by Crippen LogP contribution is 2.21. The van der Waals surface area contributed by atoms with Gasteiger partial charge in [-0.1, -0.05) is 12.2 Å². The van der Waals surface area contributed by atoms with Crippen molar-refractivity contribution in [3.05, 3.63) is 0 Å². The number of hydrogen-bond donors (Lipinski definition) is 2. The Morgan fingerprint density at radius 2 is 1.94 bits per heavy atom. The molecule has 0 radical (unpaired) electrons. The summed E-state index contributed by atoms with van der Waals surface area (Å²) >= 11 is 5.02. The zero-order valence-electron chi connectivity index (χ0n) is 10.3. The van der Waals surface area contributed by atoms with E-state index in [1.165, 1.54) is 0 Å². The van der Waals surface area contributed by atoms with Crippen molar-refractivity contribution < 1.29 is 4.79 Å². The number of hydrogen-bond acceptors (Lipinski definition) is 3. The standard InChI is InChI=1S/C12H21N3OS/c1-8(12(16)14-10-2-3-10)15-6-4-9(5-7-15)11(13)17/h8-10H,2-7H2,1H3,(H2,13,17)(H,14,16). The van der Waals surface area contributed by atoms with Gasteiger partial charge in [0.15, 0.2) is 0 Å². The highest BCUT2D eigenvalue weighted by atomic mass is 32.1. The molecule has 4 nitrogen and oxygen atoms in total. The van der Waals surface area contributed by atoms with E-state index in [4.69, 9.17) is 18.0 Å². The molecule has 1 saturated heterocycles. The molecule has 17 heavy (non-hydrogen) atoms. The van der Waals surface area contributed by atoms with Gasteiger partial charge in [-0.15, -0.1) is 0 Å². The Balaban J connectivity index is 1.78. The van der Waals surface area contributed by atoms with E-state index in [0.29, 0.717) is 16.9 Å². The zero-order valence-corrected chi connectivity index (χ0v) is 11.1. The Kier molecular flexibility index (Phi) is 3.99. The zero-order chi connectivity index (χ0) is 12.4. The van der Waals surface area contributed by atoms with Crippen LogP contribution < -0.4 is 11.1 Å². The van der Waals surface area contributed by atoms with Crippen molar-refractivity contribution >= 4 is 23.1 Å². The number of piperidine rings is 1. The third kappa shape index (κ3) is 3.39. The number of likely N-dealkylation sites (tertiary alicyclic amines) is 1. The summed E-state index contributed by atoms with van der Waals surface area (Å²) in [5, 5.41) is 3.05. The molecule has 2 aliphatic rings. The first-order valence-electron chi connectivity index (χ1n) is 6.41. The fourth-order valence-electron chi connectivity index (χ4n) is 2.29. The van der Waals surface area contributed by atoms with Gasteiger partial charge in [-0.3, -0.25) is 9.69 Å². The van der Waals surface area contributed by atoms with Gasteiger partial charge in [0.05, 0.1) is 11.0 Å². The Morgan fingerprint density at radius 1 is 1.35 bits per heavy atom. The quantitative estimate of drug-likeness (QED) is 0.724. The van der Waals surface area contributed by atoms with E-state index in [1.807, 2.05) is 6.92 Å². The molecule has 1 heterocycles. The molecule has 5 heteroatoms. The lowest BCUT2D eigenvalue weighted by Gasteiger charge is -2.34. The minimum atomic E-state index is -0.0251. The van der Waals surface area contributed by atoms with Gasteiger partial charge in [0.2, 0.25) is 5.91 Å². The minimum absolute atomic E-state index is 0.0251. The number of carbonyl (C=O) groups is 1. The van der Waals surface area contributed by atoms with Gasteiger partial charge in [-0.05, 0) is 45.7 Å². The summed E-state index contributed by atoms with van der Waals surface area (Å²) < 4.78 is 0. The predicted molar refractivity (Wildman–Crippen MR) is 71.7 cm³/mol. The first-order chi connectivity index (χ1) is 8.08. The molecule has 1 aliphatic carbocycles. The van der Waals surface area contributed by atoms with Crippen LogP contribution >= 0.6 is 12.2 Å². The van der Waals surface area contributed by atoms with Crippen molar-refractivity contribution in [1.82, 2.24) is 10.2 Å². The maximum Gasteiger partial charge on any atom is 0.237 e. The largest absolute Gasteiger partial charge is 0.393 e. The van der Waals surface area contributed by atoms with Crippen LogP contribution in [0.25, 0.3) is 0 Å². The van der Waals surface area contributed by atoms with Gasteiger partial charge in [-0.2, -0.15) is 0 Å². The van der Waals surface area contributed by atoms with Crippen LogP contribution in [0.15, 0.2) is 0 Å². The van der Waals surface area contributed by atoms with Crippen molar-refractivity contribution in [2.45, 2.75) is 44.7 Å². The fraction of sp³-hybridized carbons (Fsp3) is 0.833. The average Bonchev–Trinajstić information content (AvgIpc) is 3.12. The summed E-state index contributed by atoms with van der Waals surface area (Å²) in [6.45, 7) is 3.82. The molecule has 2 rings (SSSR count). The van der Waals surface area contributed by atoms with E-state index in [-0.39, 0.29) is 11.9 Å². The maximum absolute atomic E-state index is 11.9. The molecule has 0 bridgehead atoms. The second-order valence-electron chi connectivity index (χ2n) is 5.17. The first-order valence-corrected chi connectivity index (χ1v) is 6.82. The molecule has 0 aromatic heterocycles. The molecule has 1 amide bonds. The summed E-state index contributed by atoms with van der Waals surface area (Å²) in [6.07, 6.45) is 4.25. The molecule has 2 fully saturated rings. The molecular weight excluding hydrogens is 234 g/mol. The van der Waals surface area contributed by atoms with Crippen LogP contribution in [0.5, 0.6) is 0 Å². The van der Waals surface area contributed by atoms with Crippen molar-refractivity contribution in [2.75, 3.05) is 13.1 Å². The summed E-state index contributed by atoms with van der Waals surface area (Å²) in [5.74, 6) is 0.529. The molecule has 96 valence electrons. The van der Waals surface area contributed by atoms with E-state index < -0.39 is 0 Å². The molecule has 0 aromatic carbocycles. The van der Waals surface area contributed by atoms with E-state index >= 15 is 0 Å². The summed E-state index contributed by atoms with van der Waals surface area (Å²) in [4.78, 5) is 14.8. The monoisotopic (exact) mass is 255 g/mol. The minimum Gasteiger partial charge on any atom is -0.393 e. The molecule has 0 spiro atoms. The second kappa shape index (κ2) is 5.31. The van der Waals surface area contributed by atoms with Crippen LogP contribution in [0.1, 0.15) is 32.6 Å². The average molecular weight is 255 g/mol. The van der Waals surface area contributed by atoms with Crippen molar-refractivity contribution in [3.8, 4) is 0 Å². The molecular formula is C12H21N3OS. The highest BCUT2D eigenvalue weighted by Gasteiger charge is 2.30. The maximum atomic E-state index is 11.9. The Labute approximate surface area is 108 Å². The Bertz CT molecular complexity index is 309.